The maximum atomic E-state index is 13.1. The number of H-pyrrole nitrogens is 1. The standard InChI is InChI=1S/C30H41N8O9/c1-17(40)25(28(46)35-20(15-39)11-18-7-5-4-6-8-18)37-23(41)14-33-27(45)22(9-10-24(42)43)36-29(47)30(2,3)38-26(44)21(31)12-19-13-32-16-34-19/h4-8,13,16-17,20-22,25,40H,9-12,14,31H2,1-3H3,(H,32,34)(H,33,45)(H,35,46)(H,36,47)(H,37,41)(H,38,44)(H,42,43)/t17-,20+,21+,22+,25+/m1/s1. The molecule has 5 atom stereocenters. The number of aromatic amines is 1. The van der Waals surface area contributed by atoms with Crippen molar-refractivity contribution >= 4 is 41.8 Å². The largest absolute Gasteiger partial charge is 0.481 e. The van der Waals surface area contributed by atoms with Crippen molar-refractivity contribution in [1.29, 1.82) is 0 Å². The van der Waals surface area contributed by atoms with Gasteiger partial charge in [0.05, 0.1) is 36.8 Å². The molecule has 0 aliphatic heterocycles. The van der Waals surface area contributed by atoms with Gasteiger partial charge in [0.15, 0.2) is 0 Å². The molecule has 2 aromatic rings. The fraction of sp³-hybridized carbons (Fsp3) is 0.467. The van der Waals surface area contributed by atoms with Gasteiger partial charge < -0.3 is 47.5 Å². The third-order valence-corrected chi connectivity index (χ3v) is 6.84. The number of aliphatic hydroxyl groups is 1. The van der Waals surface area contributed by atoms with E-state index in [4.69, 9.17) is 10.8 Å². The average Bonchev–Trinajstić information content (AvgIpc) is 3.53. The minimum Gasteiger partial charge on any atom is -0.481 e. The SMILES string of the molecule is C[C@@H](O)[C@H](NC(=O)CNC(=O)[C@H](CCC(=O)O)NC(=O)C(C)(C)NC(=O)[C@@H](N)Cc1c[nH]cn1)C(=O)N[C@H]([C]=O)Cc1ccccc1. The zero-order valence-corrected chi connectivity index (χ0v) is 26.2. The summed E-state index contributed by atoms with van der Waals surface area (Å²) >= 11 is 0. The number of nitrogens with two attached hydrogens (primary N) is 1. The van der Waals surface area contributed by atoms with Crippen LogP contribution in [0.2, 0.25) is 0 Å². The number of benzene rings is 1. The van der Waals surface area contributed by atoms with E-state index in [9.17, 15) is 38.7 Å². The summed E-state index contributed by atoms with van der Waals surface area (Å²) in [7, 11) is 0. The van der Waals surface area contributed by atoms with Gasteiger partial charge in [-0.05, 0) is 32.8 Å². The maximum absolute atomic E-state index is 13.1. The van der Waals surface area contributed by atoms with Crippen molar-refractivity contribution in [3.63, 3.8) is 0 Å². The number of aromatic nitrogens is 2. The number of carbonyl (C=O) groups is 6. The molecular weight excluding hydrogens is 616 g/mol. The highest BCUT2D eigenvalue weighted by Crippen LogP contribution is 2.08. The second-order valence-electron chi connectivity index (χ2n) is 11.3. The molecule has 0 unspecified atom stereocenters. The Bertz CT molecular complexity index is 1380. The van der Waals surface area contributed by atoms with Crippen LogP contribution in [0.25, 0.3) is 0 Å². The predicted molar refractivity (Wildman–Crippen MR) is 166 cm³/mol. The van der Waals surface area contributed by atoms with Crippen molar-refractivity contribution in [2.45, 2.75) is 82.3 Å². The molecule has 255 valence electrons. The van der Waals surface area contributed by atoms with E-state index < -0.39 is 84.3 Å². The van der Waals surface area contributed by atoms with Gasteiger partial charge in [0.25, 0.3) is 0 Å². The molecule has 17 nitrogen and oxygen atoms in total. The number of aliphatic hydroxyl groups excluding tert-OH is 1. The van der Waals surface area contributed by atoms with Gasteiger partial charge in [-0.2, -0.15) is 0 Å². The molecular formula is C30H41N8O9. The summed E-state index contributed by atoms with van der Waals surface area (Å²) < 4.78 is 0. The molecule has 1 heterocycles. The molecule has 0 fully saturated rings. The van der Waals surface area contributed by atoms with Crippen LogP contribution in [0, 0.1) is 0 Å². The zero-order valence-electron chi connectivity index (χ0n) is 26.2. The van der Waals surface area contributed by atoms with Gasteiger partial charge in [0.1, 0.15) is 17.6 Å². The summed E-state index contributed by atoms with van der Waals surface area (Å²) in [4.78, 5) is 93.5. The lowest BCUT2D eigenvalue weighted by Crippen LogP contribution is -2.61. The van der Waals surface area contributed by atoms with E-state index in [1.807, 2.05) is 0 Å². The third kappa shape index (κ3) is 13.0. The minimum atomic E-state index is -1.59. The number of carboxylic acids is 1. The van der Waals surface area contributed by atoms with Crippen molar-refractivity contribution in [3.05, 3.63) is 54.1 Å². The number of carboxylic acid groups (broad SMARTS) is 1. The number of rotatable bonds is 19. The number of carbonyl (C=O) groups excluding carboxylic acids is 6. The molecule has 0 aliphatic carbocycles. The van der Waals surface area contributed by atoms with Gasteiger partial charge in [0, 0.05) is 25.5 Å². The van der Waals surface area contributed by atoms with E-state index in [0.717, 1.165) is 5.56 Å². The lowest BCUT2D eigenvalue weighted by Gasteiger charge is -2.29. The van der Waals surface area contributed by atoms with E-state index in [2.05, 4.69) is 36.6 Å². The fourth-order valence-electron chi connectivity index (χ4n) is 4.21. The third-order valence-electron chi connectivity index (χ3n) is 6.84. The molecule has 10 N–H and O–H groups in total. The van der Waals surface area contributed by atoms with E-state index in [0.29, 0.717) is 5.69 Å². The molecule has 1 aromatic carbocycles. The molecule has 2 rings (SSSR count). The van der Waals surface area contributed by atoms with Crippen LogP contribution >= 0.6 is 0 Å². The molecule has 17 heteroatoms. The highest BCUT2D eigenvalue weighted by molar-refractivity contribution is 5.96. The molecule has 0 saturated carbocycles. The van der Waals surface area contributed by atoms with E-state index >= 15 is 0 Å². The molecule has 5 amide bonds. The Kier molecular flexibility index (Phi) is 14.6. The Hall–Kier alpha value is -5.16. The second kappa shape index (κ2) is 18.1. The summed E-state index contributed by atoms with van der Waals surface area (Å²) in [5.41, 5.74) is 5.60. The van der Waals surface area contributed by atoms with Crippen molar-refractivity contribution in [2.24, 2.45) is 5.73 Å². The van der Waals surface area contributed by atoms with E-state index in [1.54, 1.807) is 42.8 Å². The van der Waals surface area contributed by atoms with Crippen LogP contribution in [0.1, 0.15) is 44.9 Å². The summed E-state index contributed by atoms with van der Waals surface area (Å²) in [6, 6.07) is 3.73. The van der Waals surface area contributed by atoms with Gasteiger partial charge in [0.2, 0.25) is 35.8 Å². The van der Waals surface area contributed by atoms with Crippen LogP contribution in [-0.4, -0.2) is 104 Å². The molecule has 1 aromatic heterocycles. The van der Waals surface area contributed by atoms with Gasteiger partial charge in [-0.3, -0.25) is 33.6 Å². The second-order valence-corrected chi connectivity index (χ2v) is 11.3. The van der Waals surface area contributed by atoms with Crippen LogP contribution in [0.4, 0.5) is 0 Å². The topological polar surface area (TPSA) is 275 Å². The number of hydrogen-bond donors (Lipinski definition) is 9. The van der Waals surface area contributed by atoms with Crippen LogP contribution < -0.4 is 32.3 Å². The van der Waals surface area contributed by atoms with Crippen LogP contribution in [0.5, 0.6) is 0 Å². The highest BCUT2D eigenvalue weighted by Gasteiger charge is 2.35. The van der Waals surface area contributed by atoms with Gasteiger partial charge in [-0.1, -0.05) is 30.3 Å². The van der Waals surface area contributed by atoms with E-state index in [-0.39, 0.29) is 19.3 Å². The van der Waals surface area contributed by atoms with Crippen molar-refractivity contribution < 1.29 is 43.8 Å². The first kappa shape index (κ1) is 38.0. The number of hydrogen-bond acceptors (Lipinski definition) is 10. The van der Waals surface area contributed by atoms with Crippen LogP contribution in [0.15, 0.2) is 42.9 Å². The summed E-state index contributed by atoms with van der Waals surface area (Å²) in [5.74, 6) is -5.47. The van der Waals surface area contributed by atoms with E-state index in [1.165, 1.54) is 27.1 Å². The number of nitrogens with zero attached hydrogens (tertiary/aromatic N) is 1. The minimum absolute atomic E-state index is 0.0834. The van der Waals surface area contributed by atoms with Crippen molar-refractivity contribution in [2.75, 3.05) is 6.54 Å². The Balaban J connectivity index is 1.99. The Labute approximate surface area is 270 Å². The number of imidazole rings is 1. The van der Waals surface area contributed by atoms with Crippen LogP contribution in [0.3, 0.4) is 0 Å². The quantitative estimate of drug-likeness (QED) is 0.0752. The Morgan fingerprint density at radius 2 is 1.68 bits per heavy atom. The first-order chi connectivity index (χ1) is 22.1. The number of nitrogens with one attached hydrogen (secondary N) is 6. The predicted octanol–water partition coefficient (Wildman–Crippen LogP) is -2.66. The molecule has 0 bridgehead atoms. The monoisotopic (exact) mass is 657 g/mol. The number of amides is 5. The molecule has 47 heavy (non-hydrogen) atoms. The normalized spacial score (nSPS) is 14.3. The molecule has 0 spiro atoms. The zero-order chi connectivity index (χ0) is 35.1. The van der Waals surface area contributed by atoms with Gasteiger partial charge in [-0.15, -0.1) is 0 Å². The Morgan fingerprint density at radius 3 is 2.26 bits per heavy atom. The van der Waals surface area contributed by atoms with Crippen molar-refractivity contribution in [3.8, 4) is 0 Å². The first-order valence-electron chi connectivity index (χ1n) is 14.7. The van der Waals surface area contributed by atoms with Gasteiger partial charge >= 0.3 is 5.97 Å². The fourth-order valence-corrected chi connectivity index (χ4v) is 4.21. The first-order valence-corrected chi connectivity index (χ1v) is 14.7. The number of aliphatic carboxylic acids is 1. The summed E-state index contributed by atoms with van der Waals surface area (Å²) in [6.07, 6.45) is 2.61. The summed E-state index contributed by atoms with van der Waals surface area (Å²) in [5, 5.41) is 31.1. The average molecular weight is 658 g/mol. The van der Waals surface area contributed by atoms with Crippen LogP contribution in [-0.2, 0) is 46.4 Å². The Morgan fingerprint density at radius 1 is 1.00 bits per heavy atom. The van der Waals surface area contributed by atoms with Crippen molar-refractivity contribution in [1.82, 2.24) is 36.6 Å². The maximum Gasteiger partial charge on any atom is 0.303 e. The molecule has 1 radical (unpaired) electrons. The molecule has 0 aliphatic rings. The van der Waals surface area contributed by atoms with Gasteiger partial charge in [-0.25, -0.2) is 4.98 Å². The highest BCUT2D eigenvalue weighted by atomic mass is 16.4. The molecule has 0 saturated heterocycles. The summed E-state index contributed by atoms with van der Waals surface area (Å²) in [6.45, 7) is 3.23. The smallest absolute Gasteiger partial charge is 0.303 e. The lowest BCUT2D eigenvalue weighted by molar-refractivity contribution is -0.138. The lowest BCUT2D eigenvalue weighted by atomic mass is 10.0.